The lowest BCUT2D eigenvalue weighted by molar-refractivity contribution is -0.140. The summed E-state index contributed by atoms with van der Waals surface area (Å²) >= 11 is 1.42. The topological polar surface area (TPSA) is 86.7 Å². The number of carbonyl (C=O) groups is 3. The Morgan fingerprint density at radius 2 is 1.90 bits per heavy atom. The molecule has 1 rings (SSSR count). The van der Waals surface area contributed by atoms with Crippen molar-refractivity contribution in [1.29, 1.82) is 0 Å². The minimum atomic E-state index is -1.04. The maximum Gasteiger partial charge on any atom is 0.326 e. The monoisotopic (exact) mass is 302 g/mol. The van der Waals surface area contributed by atoms with Crippen molar-refractivity contribution in [3.05, 3.63) is 0 Å². The number of thioether (sulfide) groups is 1. The first-order chi connectivity index (χ1) is 9.65. The zero-order valence-electron chi connectivity index (χ0n) is 11.5. The third-order valence-corrected chi connectivity index (χ3v) is 4.28. The Labute approximate surface area is 123 Å². The predicted molar refractivity (Wildman–Crippen MR) is 77.6 cm³/mol. The van der Waals surface area contributed by atoms with Gasteiger partial charge in [-0.05, 0) is 25.0 Å². The molecule has 6 nitrogen and oxygen atoms in total. The van der Waals surface area contributed by atoms with E-state index >= 15 is 0 Å². The highest BCUT2D eigenvalue weighted by molar-refractivity contribution is 7.99. The predicted octanol–water partition coefficient (Wildman–Crippen LogP) is 0.711. The van der Waals surface area contributed by atoms with Gasteiger partial charge in [-0.2, -0.15) is 11.8 Å². The number of aliphatic carboxylic acids is 1. The van der Waals surface area contributed by atoms with E-state index in [2.05, 4.69) is 5.32 Å². The van der Waals surface area contributed by atoms with E-state index < -0.39 is 12.0 Å². The smallest absolute Gasteiger partial charge is 0.326 e. The average molecular weight is 302 g/mol. The van der Waals surface area contributed by atoms with Crippen molar-refractivity contribution in [1.82, 2.24) is 10.2 Å². The normalized spacial score (nSPS) is 17.1. The van der Waals surface area contributed by atoms with Crippen molar-refractivity contribution < 1.29 is 19.5 Å². The highest BCUT2D eigenvalue weighted by Gasteiger charge is 2.17. The minimum absolute atomic E-state index is 0.132. The van der Waals surface area contributed by atoms with Crippen LogP contribution in [0.4, 0.5) is 0 Å². The fraction of sp³-hybridized carbons (Fsp3) is 0.769. The van der Waals surface area contributed by atoms with E-state index in [1.54, 1.807) is 0 Å². The molecule has 1 atom stereocenters. The van der Waals surface area contributed by atoms with Gasteiger partial charge >= 0.3 is 5.97 Å². The Bertz CT molecular complexity index is 330. The van der Waals surface area contributed by atoms with Crippen LogP contribution in [-0.2, 0) is 14.4 Å². The van der Waals surface area contributed by atoms with E-state index in [9.17, 15) is 14.4 Å². The molecule has 0 aromatic heterocycles. The van der Waals surface area contributed by atoms with Crippen LogP contribution < -0.4 is 5.32 Å². The number of amides is 2. The molecule has 114 valence electrons. The van der Waals surface area contributed by atoms with Gasteiger partial charge in [0.15, 0.2) is 0 Å². The Kier molecular flexibility index (Phi) is 8.10. The quantitative estimate of drug-likeness (QED) is 0.509. The lowest BCUT2D eigenvalue weighted by Gasteiger charge is -2.20. The first-order valence-electron chi connectivity index (χ1n) is 6.93. The van der Waals surface area contributed by atoms with E-state index in [1.807, 2.05) is 4.90 Å². The molecule has 1 heterocycles. The summed E-state index contributed by atoms with van der Waals surface area (Å²) < 4.78 is 0. The number of hydrogen-bond donors (Lipinski definition) is 2. The molecule has 1 aliphatic heterocycles. The molecule has 1 aliphatic rings. The third-order valence-electron chi connectivity index (χ3n) is 3.30. The van der Waals surface area contributed by atoms with Gasteiger partial charge in [0.25, 0.3) is 0 Å². The molecule has 7 heteroatoms. The van der Waals surface area contributed by atoms with Crippen LogP contribution in [0, 0.1) is 0 Å². The summed E-state index contributed by atoms with van der Waals surface area (Å²) in [6, 6.07) is -0.867. The fourth-order valence-corrected chi connectivity index (χ4v) is 3.04. The summed E-state index contributed by atoms with van der Waals surface area (Å²) in [5, 5.41) is 11.1. The lowest BCUT2D eigenvalue weighted by Crippen LogP contribution is -2.36. The summed E-state index contributed by atoms with van der Waals surface area (Å²) in [4.78, 5) is 34.9. The summed E-state index contributed by atoms with van der Waals surface area (Å²) in [6.45, 7) is 1.67. The van der Waals surface area contributed by atoms with E-state index in [-0.39, 0.29) is 5.91 Å². The van der Waals surface area contributed by atoms with E-state index in [1.165, 1.54) is 24.6 Å². The first-order valence-corrected chi connectivity index (χ1v) is 8.08. The van der Waals surface area contributed by atoms with Gasteiger partial charge in [-0.25, -0.2) is 4.79 Å². The van der Waals surface area contributed by atoms with Crippen LogP contribution in [-0.4, -0.2) is 58.9 Å². The molecule has 20 heavy (non-hydrogen) atoms. The van der Waals surface area contributed by atoms with Gasteiger partial charge < -0.3 is 15.3 Å². The van der Waals surface area contributed by atoms with Crippen molar-refractivity contribution in [3.63, 3.8) is 0 Å². The fourth-order valence-electron chi connectivity index (χ4n) is 2.13. The first kappa shape index (κ1) is 16.8. The Hall–Kier alpha value is -1.24. The van der Waals surface area contributed by atoms with Crippen molar-refractivity contribution in [3.8, 4) is 0 Å². The van der Waals surface area contributed by atoms with E-state index in [0.29, 0.717) is 24.3 Å². The van der Waals surface area contributed by atoms with Crippen LogP contribution in [0.15, 0.2) is 0 Å². The maximum absolute atomic E-state index is 12.0. The maximum atomic E-state index is 12.0. The highest BCUT2D eigenvalue weighted by atomic mass is 32.2. The number of hydrogen-bond acceptors (Lipinski definition) is 4. The number of rotatable bonds is 8. The largest absolute Gasteiger partial charge is 0.480 e. The zero-order chi connectivity index (χ0) is 14.8. The molecule has 0 saturated carbocycles. The standard InChI is InChI=1S/C13H22N2O4S/c16-10-14-11(13(18)19)5-8-20-9-12(17)15-6-3-1-2-4-7-15/h10-11H,1-9H2,(H,14,16)(H,18,19). The Balaban J connectivity index is 2.20. The van der Waals surface area contributed by atoms with Crippen molar-refractivity contribution in [2.45, 2.75) is 38.1 Å². The molecule has 0 aromatic rings. The second-order valence-electron chi connectivity index (χ2n) is 4.81. The average Bonchev–Trinajstić information content (AvgIpc) is 2.70. The third kappa shape index (κ3) is 6.27. The van der Waals surface area contributed by atoms with Crippen LogP contribution >= 0.6 is 11.8 Å². The molecule has 1 fully saturated rings. The molecular weight excluding hydrogens is 280 g/mol. The van der Waals surface area contributed by atoms with Crippen LogP contribution in [0.25, 0.3) is 0 Å². The van der Waals surface area contributed by atoms with Crippen molar-refractivity contribution >= 4 is 30.0 Å². The van der Waals surface area contributed by atoms with Crippen LogP contribution in [0.5, 0.6) is 0 Å². The van der Waals surface area contributed by atoms with Gasteiger partial charge in [0, 0.05) is 13.1 Å². The van der Waals surface area contributed by atoms with Crippen LogP contribution in [0.2, 0.25) is 0 Å². The number of carbonyl (C=O) groups excluding carboxylic acids is 2. The molecule has 2 amide bonds. The summed E-state index contributed by atoms with van der Waals surface area (Å²) in [6.07, 6.45) is 5.24. The van der Waals surface area contributed by atoms with Gasteiger partial charge in [0.2, 0.25) is 12.3 Å². The second-order valence-corrected chi connectivity index (χ2v) is 5.92. The summed E-state index contributed by atoms with van der Waals surface area (Å²) in [7, 11) is 0. The Morgan fingerprint density at radius 3 is 2.45 bits per heavy atom. The molecule has 0 aliphatic carbocycles. The molecule has 1 saturated heterocycles. The van der Waals surface area contributed by atoms with Gasteiger partial charge in [0.1, 0.15) is 6.04 Å². The Morgan fingerprint density at radius 1 is 1.25 bits per heavy atom. The van der Waals surface area contributed by atoms with E-state index in [0.717, 1.165) is 25.9 Å². The molecule has 0 radical (unpaired) electrons. The van der Waals surface area contributed by atoms with E-state index in [4.69, 9.17) is 5.11 Å². The molecule has 0 spiro atoms. The number of carboxylic acids is 1. The van der Waals surface area contributed by atoms with Gasteiger partial charge in [-0.1, -0.05) is 12.8 Å². The molecule has 2 N–H and O–H groups in total. The zero-order valence-corrected chi connectivity index (χ0v) is 12.4. The van der Waals surface area contributed by atoms with Gasteiger partial charge in [-0.15, -0.1) is 0 Å². The highest BCUT2D eigenvalue weighted by Crippen LogP contribution is 2.12. The molecule has 1 unspecified atom stereocenters. The number of nitrogens with one attached hydrogen (secondary N) is 1. The molecular formula is C13H22N2O4S. The number of carboxylic acid groups (broad SMARTS) is 1. The van der Waals surface area contributed by atoms with Crippen LogP contribution in [0.1, 0.15) is 32.1 Å². The second kappa shape index (κ2) is 9.63. The minimum Gasteiger partial charge on any atom is -0.480 e. The van der Waals surface area contributed by atoms with Gasteiger partial charge in [-0.3, -0.25) is 9.59 Å². The summed E-state index contributed by atoms with van der Waals surface area (Å²) in [5.74, 6) is 0.00817. The van der Waals surface area contributed by atoms with Crippen molar-refractivity contribution in [2.24, 2.45) is 0 Å². The molecule has 0 aromatic carbocycles. The lowest BCUT2D eigenvalue weighted by atomic mass is 10.2. The van der Waals surface area contributed by atoms with Crippen LogP contribution in [0.3, 0.4) is 0 Å². The number of likely N-dealkylation sites (tertiary alicyclic amines) is 1. The number of nitrogens with zero attached hydrogens (tertiary/aromatic N) is 1. The van der Waals surface area contributed by atoms with Crippen molar-refractivity contribution in [2.75, 3.05) is 24.6 Å². The molecule has 0 bridgehead atoms. The van der Waals surface area contributed by atoms with Gasteiger partial charge in [0.05, 0.1) is 5.75 Å². The summed E-state index contributed by atoms with van der Waals surface area (Å²) in [5.41, 5.74) is 0. The SMILES string of the molecule is O=CNC(CCSCC(=O)N1CCCCCC1)C(=O)O.